The first-order chi connectivity index (χ1) is 9.83. The molecule has 2 rings (SSSR count). The molecule has 0 fully saturated rings. The van der Waals surface area contributed by atoms with Crippen molar-refractivity contribution >= 4 is 0 Å². The number of imidazole rings is 1. The summed E-state index contributed by atoms with van der Waals surface area (Å²) in [5.74, 6) is 1.93. The third-order valence-corrected chi connectivity index (χ3v) is 4.21. The highest BCUT2D eigenvalue weighted by Gasteiger charge is 2.27. The molecule has 2 aromatic heterocycles. The summed E-state index contributed by atoms with van der Waals surface area (Å²) in [6.07, 6.45) is 4.07. The lowest BCUT2D eigenvalue weighted by atomic mass is 9.79. The largest absolute Gasteiger partial charge is 0.348 e. The summed E-state index contributed by atoms with van der Waals surface area (Å²) in [6.45, 7) is 13.2. The standard InChI is InChI=1S/C17H28N4/c1-7-13-8-15(21-20-13)17(5,6)9-12(4)14-10-18-16(19-14)11(2)3/h8,10-12H,7,9H2,1-6H3,(H,18,19)(H,20,21). The molecular weight excluding hydrogens is 260 g/mol. The van der Waals surface area contributed by atoms with Gasteiger partial charge in [0.15, 0.2) is 0 Å². The molecule has 0 radical (unpaired) electrons. The Morgan fingerprint density at radius 2 is 1.95 bits per heavy atom. The van der Waals surface area contributed by atoms with Gasteiger partial charge in [-0.25, -0.2) is 4.98 Å². The molecule has 116 valence electrons. The lowest BCUT2D eigenvalue weighted by molar-refractivity contribution is 0.423. The van der Waals surface area contributed by atoms with Crippen LogP contribution in [0.4, 0.5) is 0 Å². The second-order valence-electron chi connectivity index (χ2n) is 6.98. The molecule has 0 aliphatic rings. The average Bonchev–Trinajstić information content (AvgIpc) is 3.07. The van der Waals surface area contributed by atoms with Crippen molar-refractivity contribution in [2.45, 2.75) is 71.6 Å². The van der Waals surface area contributed by atoms with E-state index in [9.17, 15) is 0 Å². The molecule has 1 atom stereocenters. The maximum atomic E-state index is 4.73. The molecule has 0 bridgehead atoms. The normalized spacial score (nSPS) is 13.9. The van der Waals surface area contributed by atoms with Gasteiger partial charge in [-0.15, -0.1) is 0 Å². The fourth-order valence-electron chi connectivity index (χ4n) is 2.77. The SMILES string of the molecule is CCc1cc(C(C)(C)CC(C)c2c[nH]c(C(C)C)n2)[nH]n1. The monoisotopic (exact) mass is 288 g/mol. The van der Waals surface area contributed by atoms with Crippen LogP contribution < -0.4 is 0 Å². The van der Waals surface area contributed by atoms with Gasteiger partial charge in [0.1, 0.15) is 5.82 Å². The van der Waals surface area contributed by atoms with E-state index in [0.29, 0.717) is 11.8 Å². The summed E-state index contributed by atoms with van der Waals surface area (Å²) in [6, 6.07) is 2.19. The molecule has 0 aromatic carbocycles. The summed E-state index contributed by atoms with van der Waals surface area (Å²) < 4.78 is 0. The number of nitrogens with one attached hydrogen (secondary N) is 2. The van der Waals surface area contributed by atoms with E-state index in [-0.39, 0.29) is 5.41 Å². The first-order valence-electron chi connectivity index (χ1n) is 7.93. The third-order valence-electron chi connectivity index (χ3n) is 4.21. The van der Waals surface area contributed by atoms with Crippen LogP contribution in [0.5, 0.6) is 0 Å². The fraction of sp³-hybridized carbons (Fsp3) is 0.647. The highest BCUT2D eigenvalue weighted by Crippen LogP contribution is 2.33. The van der Waals surface area contributed by atoms with Gasteiger partial charge in [-0.2, -0.15) is 5.10 Å². The van der Waals surface area contributed by atoms with Gasteiger partial charge in [-0.05, 0) is 18.9 Å². The number of H-pyrrole nitrogens is 2. The molecule has 1 unspecified atom stereocenters. The van der Waals surface area contributed by atoms with Crippen molar-refractivity contribution < 1.29 is 0 Å². The van der Waals surface area contributed by atoms with E-state index in [1.807, 2.05) is 0 Å². The number of hydrogen-bond acceptors (Lipinski definition) is 2. The Balaban J connectivity index is 2.10. The predicted molar refractivity (Wildman–Crippen MR) is 86.7 cm³/mol. The van der Waals surface area contributed by atoms with Gasteiger partial charge in [0.2, 0.25) is 0 Å². The minimum Gasteiger partial charge on any atom is -0.348 e. The van der Waals surface area contributed by atoms with E-state index in [4.69, 9.17) is 4.98 Å². The second-order valence-corrected chi connectivity index (χ2v) is 6.98. The number of aromatic amines is 2. The van der Waals surface area contributed by atoms with Gasteiger partial charge >= 0.3 is 0 Å². The Bertz CT molecular complexity index is 577. The van der Waals surface area contributed by atoms with Crippen molar-refractivity contribution in [1.29, 1.82) is 0 Å². The van der Waals surface area contributed by atoms with Gasteiger partial charge < -0.3 is 4.98 Å². The van der Waals surface area contributed by atoms with Crippen molar-refractivity contribution in [2.24, 2.45) is 0 Å². The zero-order chi connectivity index (χ0) is 15.6. The Kier molecular flexibility index (Phi) is 4.55. The van der Waals surface area contributed by atoms with Crippen molar-refractivity contribution in [2.75, 3.05) is 0 Å². The van der Waals surface area contributed by atoms with E-state index < -0.39 is 0 Å². The van der Waals surface area contributed by atoms with Crippen LogP contribution in [0, 0.1) is 0 Å². The number of aryl methyl sites for hydroxylation is 1. The summed E-state index contributed by atoms with van der Waals surface area (Å²) in [5, 5.41) is 7.56. The van der Waals surface area contributed by atoms with Crippen LogP contribution in [0.25, 0.3) is 0 Å². The van der Waals surface area contributed by atoms with E-state index in [1.165, 1.54) is 5.69 Å². The molecule has 4 heteroatoms. The van der Waals surface area contributed by atoms with Gasteiger partial charge in [0, 0.05) is 29.1 Å². The van der Waals surface area contributed by atoms with Crippen LogP contribution in [0.15, 0.2) is 12.3 Å². The quantitative estimate of drug-likeness (QED) is 0.833. The zero-order valence-corrected chi connectivity index (χ0v) is 14.1. The van der Waals surface area contributed by atoms with Crippen LogP contribution in [-0.2, 0) is 11.8 Å². The minimum atomic E-state index is 0.0663. The lowest BCUT2D eigenvalue weighted by Gasteiger charge is -2.26. The van der Waals surface area contributed by atoms with Crippen LogP contribution in [0.1, 0.15) is 82.7 Å². The fourth-order valence-corrected chi connectivity index (χ4v) is 2.77. The Hall–Kier alpha value is -1.58. The van der Waals surface area contributed by atoms with Crippen molar-refractivity contribution in [3.63, 3.8) is 0 Å². The van der Waals surface area contributed by atoms with Crippen molar-refractivity contribution in [1.82, 2.24) is 20.2 Å². The Morgan fingerprint density at radius 3 is 2.48 bits per heavy atom. The molecule has 0 saturated carbocycles. The lowest BCUT2D eigenvalue weighted by Crippen LogP contribution is -2.20. The van der Waals surface area contributed by atoms with Gasteiger partial charge in [-0.3, -0.25) is 5.10 Å². The smallest absolute Gasteiger partial charge is 0.108 e. The van der Waals surface area contributed by atoms with Gasteiger partial charge in [-0.1, -0.05) is 41.5 Å². The van der Waals surface area contributed by atoms with E-state index in [2.05, 4.69) is 69.0 Å². The van der Waals surface area contributed by atoms with Crippen molar-refractivity contribution in [3.05, 3.63) is 35.2 Å². The molecule has 0 amide bonds. The molecule has 0 aliphatic carbocycles. The maximum absolute atomic E-state index is 4.73. The van der Waals surface area contributed by atoms with Crippen LogP contribution in [-0.4, -0.2) is 20.2 Å². The van der Waals surface area contributed by atoms with Gasteiger partial charge in [0.05, 0.1) is 11.4 Å². The molecule has 2 heterocycles. The van der Waals surface area contributed by atoms with Crippen LogP contribution in [0.2, 0.25) is 0 Å². The number of nitrogens with zero attached hydrogens (tertiary/aromatic N) is 2. The molecule has 0 spiro atoms. The highest BCUT2D eigenvalue weighted by atomic mass is 15.1. The predicted octanol–water partition coefficient (Wildman–Crippen LogP) is 4.29. The topological polar surface area (TPSA) is 57.4 Å². The molecule has 2 aromatic rings. The first kappa shape index (κ1) is 15.8. The summed E-state index contributed by atoms with van der Waals surface area (Å²) in [7, 11) is 0. The molecular formula is C17H28N4. The van der Waals surface area contributed by atoms with E-state index >= 15 is 0 Å². The average molecular weight is 288 g/mol. The zero-order valence-electron chi connectivity index (χ0n) is 14.1. The number of hydrogen-bond donors (Lipinski definition) is 2. The molecule has 2 N–H and O–H groups in total. The first-order valence-corrected chi connectivity index (χ1v) is 7.93. The third kappa shape index (κ3) is 3.55. The molecule has 4 nitrogen and oxygen atoms in total. The molecule has 0 saturated heterocycles. The van der Waals surface area contributed by atoms with Crippen LogP contribution >= 0.6 is 0 Å². The Labute approximate surface area is 127 Å². The van der Waals surface area contributed by atoms with E-state index in [0.717, 1.165) is 30.1 Å². The number of aromatic nitrogens is 4. The Morgan fingerprint density at radius 1 is 1.24 bits per heavy atom. The number of rotatable bonds is 6. The maximum Gasteiger partial charge on any atom is 0.108 e. The van der Waals surface area contributed by atoms with E-state index in [1.54, 1.807) is 0 Å². The molecule has 21 heavy (non-hydrogen) atoms. The van der Waals surface area contributed by atoms with Gasteiger partial charge in [0.25, 0.3) is 0 Å². The summed E-state index contributed by atoms with van der Waals surface area (Å²) in [4.78, 5) is 8.02. The summed E-state index contributed by atoms with van der Waals surface area (Å²) in [5.41, 5.74) is 3.57. The second kappa shape index (κ2) is 6.04. The van der Waals surface area contributed by atoms with Crippen LogP contribution in [0.3, 0.4) is 0 Å². The highest BCUT2D eigenvalue weighted by molar-refractivity contribution is 5.19. The van der Waals surface area contributed by atoms with Crippen molar-refractivity contribution in [3.8, 4) is 0 Å². The molecule has 0 aliphatic heterocycles. The summed E-state index contributed by atoms with van der Waals surface area (Å²) >= 11 is 0. The minimum absolute atomic E-state index is 0.0663.